The van der Waals surface area contributed by atoms with Crippen LogP contribution in [0.1, 0.15) is 23.2 Å². The van der Waals surface area contributed by atoms with Crippen LogP contribution in [0.2, 0.25) is 0 Å². The van der Waals surface area contributed by atoms with Crippen LogP contribution in [0.4, 0.5) is 8.78 Å². The standard InChI is InChI=1S/C8H4BrF2IN2/c9-1-4-6(2-13)14-3-5(12)7(4)8(10)11/h3,8H,1H2. The van der Waals surface area contributed by atoms with Crippen molar-refractivity contribution in [1.82, 2.24) is 4.98 Å². The molecule has 2 nitrogen and oxygen atoms in total. The molecular weight excluding hydrogens is 369 g/mol. The van der Waals surface area contributed by atoms with Gasteiger partial charge in [0.15, 0.2) is 0 Å². The van der Waals surface area contributed by atoms with Gasteiger partial charge in [0.1, 0.15) is 11.8 Å². The number of halogens is 4. The largest absolute Gasteiger partial charge is 0.265 e. The summed E-state index contributed by atoms with van der Waals surface area (Å²) in [6.45, 7) is 0. The van der Waals surface area contributed by atoms with E-state index < -0.39 is 6.43 Å². The summed E-state index contributed by atoms with van der Waals surface area (Å²) in [5.41, 5.74) is 0.223. The van der Waals surface area contributed by atoms with Crippen LogP contribution in [0, 0.1) is 14.9 Å². The van der Waals surface area contributed by atoms with Gasteiger partial charge in [-0.3, -0.25) is 0 Å². The first-order valence-corrected chi connectivity index (χ1v) is 5.73. The SMILES string of the molecule is N#Cc1ncc(I)c(C(F)F)c1CBr. The lowest BCUT2D eigenvalue weighted by Gasteiger charge is -2.09. The summed E-state index contributed by atoms with van der Waals surface area (Å²) in [5.74, 6) is 0. The summed E-state index contributed by atoms with van der Waals surface area (Å²) in [6, 6.07) is 1.79. The van der Waals surface area contributed by atoms with Crippen molar-refractivity contribution in [3.05, 3.63) is 26.6 Å². The minimum absolute atomic E-state index is 0.0533. The first-order valence-electron chi connectivity index (χ1n) is 3.53. The minimum atomic E-state index is -2.58. The molecule has 6 heteroatoms. The van der Waals surface area contributed by atoms with Gasteiger partial charge < -0.3 is 0 Å². The smallest absolute Gasteiger partial charge is 0.244 e. The lowest BCUT2D eigenvalue weighted by atomic mass is 10.1. The lowest BCUT2D eigenvalue weighted by molar-refractivity contribution is 0.149. The van der Waals surface area contributed by atoms with Gasteiger partial charge in [-0.25, -0.2) is 13.8 Å². The second kappa shape index (κ2) is 4.98. The molecule has 0 unspecified atom stereocenters. The van der Waals surface area contributed by atoms with Gasteiger partial charge in [-0.15, -0.1) is 0 Å². The minimum Gasteiger partial charge on any atom is -0.244 e. The van der Waals surface area contributed by atoms with Gasteiger partial charge in [-0.05, 0) is 22.6 Å². The van der Waals surface area contributed by atoms with Crippen molar-refractivity contribution < 1.29 is 8.78 Å². The molecule has 1 aromatic heterocycles. The van der Waals surface area contributed by atoms with Crippen molar-refractivity contribution >= 4 is 38.5 Å². The second-order valence-electron chi connectivity index (χ2n) is 2.39. The third kappa shape index (κ3) is 2.20. The zero-order chi connectivity index (χ0) is 10.7. The number of aromatic nitrogens is 1. The van der Waals surface area contributed by atoms with E-state index in [2.05, 4.69) is 20.9 Å². The molecule has 0 fully saturated rings. The average Bonchev–Trinajstić information content (AvgIpc) is 2.16. The summed E-state index contributed by atoms with van der Waals surface area (Å²) in [6.07, 6.45) is -1.29. The number of hydrogen-bond donors (Lipinski definition) is 0. The van der Waals surface area contributed by atoms with E-state index in [1.54, 1.807) is 28.7 Å². The molecule has 0 atom stereocenters. The molecule has 14 heavy (non-hydrogen) atoms. The highest BCUT2D eigenvalue weighted by molar-refractivity contribution is 14.1. The third-order valence-electron chi connectivity index (χ3n) is 1.63. The van der Waals surface area contributed by atoms with E-state index in [-0.39, 0.29) is 22.2 Å². The highest BCUT2D eigenvalue weighted by Gasteiger charge is 2.19. The summed E-state index contributed by atoms with van der Waals surface area (Å²) in [4.78, 5) is 3.78. The molecule has 1 heterocycles. The molecule has 0 saturated heterocycles. The molecular formula is C8H4BrF2IN2. The van der Waals surface area contributed by atoms with Crippen molar-refractivity contribution in [1.29, 1.82) is 5.26 Å². The molecule has 0 aliphatic heterocycles. The van der Waals surface area contributed by atoms with E-state index in [0.29, 0.717) is 3.57 Å². The third-order valence-corrected chi connectivity index (χ3v) is 3.05. The molecule has 0 N–H and O–H groups in total. The highest BCUT2D eigenvalue weighted by Crippen LogP contribution is 2.30. The van der Waals surface area contributed by atoms with Gasteiger partial charge in [0, 0.05) is 26.2 Å². The Bertz CT molecular complexity index is 390. The lowest BCUT2D eigenvalue weighted by Crippen LogP contribution is -2.02. The number of rotatable bonds is 2. The molecule has 0 aromatic carbocycles. The summed E-state index contributed by atoms with van der Waals surface area (Å²) >= 11 is 4.86. The van der Waals surface area contributed by atoms with Crippen molar-refractivity contribution in [3.63, 3.8) is 0 Å². The Balaban J connectivity index is 3.45. The first kappa shape index (κ1) is 11.8. The van der Waals surface area contributed by atoms with Crippen LogP contribution in [0.3, 0.4) is 0 Å². The summed E-state index contributed by atoms with van der Waals surface area (Å²) in [7, 11) is 0. The fraction of sp³-hybridized carbons (Fsp3) is 0.250. The zero-order valence-corrected chi connectivity index (χ0v) is 10.5. The van der Waals surface area contributed by atoms with E-state index in [0.717, 1.165) is 0 Å². The molecule has 0 spiro atoms. The highest BCUT2D eigenvalue weighted by atomic mass is 127. The van der Waals surface area contributed by atoms with Gasteiger partial charge >= 0.3 is 0 Å². The average molecular weight is 373 g/mol. The maximum Gasteiger partial charge on any atom is 0.265 e. The fourth-order valence-corrected chi connectivity index (χ4v) is 2.28. The molecule has 0 aliphatic carbocycles. The van der Waals surface area contributed by atoms with Crippen molar-refractivity contribution in [2.75, 3.05) is 0 Å². The van der Waals surface area contributed by atoms with Crippen LogP contribution >= 0.6 is 38.5 Å². The van der Waals surface area contributed by atoms with Gasteiger partial charge in [0.25, 0.3) is 6.43 Å². The second-order valence-corrected chi connectivity index (χ2v) is 4.12. The maximum absolute atomic E-state index is 12.6. The van der Waals surface area contributed by atoms with E-state index >= 15 is 0 Å². The Kier molecular flexibility index (Phi) is 4.19. The Morgan fingerprint density at radius 1 is 1.64 bits per heavy atom. The van der Waals surface area contributed by atoms with Crippen LogP contribution < -0.4 is 0 Å². The van der Waals surface area contributed by atoms with Crippen molar-refractivity contribution in [2.24, 2.45) is 0 Å². The first-order chi connectivity index (χ1) is 6.61. The van der Waals surface area contributed by atoms with Crippen LogP contribution in [0.15, 0.2) is 6.20 Å². The molecule has 74 valence electrons. The van der Waals surface area contributed by atoms with Gasteiger partial charge in [0.2, 0.25) is 0 Å². The van der Waals surface area contributed by atoms with Crippen LogP contribution in [-0.4, -0.2) is 4.98 Å². The number of hydrogen-bond acceptors (Lipinski definition) is 2. The normalized spacial score (nSPS) is 10.3. The molecule has 0 aliphatic rings. The topological polar surface area (TPSA) is 36.7 Å². The van der Waals surface area contributed by atoms with Gasteiger partial charge in [-0.2, -0.15) is 5.26 Å². The molecule has 0 bridgehead atoms. The molecule has 0 radical (unpaired) electrons. The van der Waals surface area contributed by atoms with Crippen LogP contribution in [0.5, 0.6) is 0 Å². The zero-order valence-electron chi connectivity index (χ0n) is 6.77. The van der Waals surface area contributed by atoms with E-state index in [4.69, 9.17) is 5.26 Å². The maximum atomic E-state index is 12.6. The van der Waals surface area contributed by atoms with Crippen LogP contribution in [0.25, 0.3) is 0 Å². The van der Waals surface area contributed by atoms with Gasteiger partial charge in [0.05, 0.1) is 0 Å². The number of nitrogens with zero attached hydrogens (tertiary/aromatic N) is 2. The number of pyridine rings is 1. The predicted molar refractivity (Wildman–Crippen MR) is 59.3 cm³/mol. The Morgan fingerprint density at radius 2 is 2.29 bits per heavy atom. The Morgan fingerprint density at radius 3 is 2.71 bits per heavy atom. The van der Waals surface area contributed by atoms with E-state index in [9.17, 15) is 8.78 Å². The Hall–Kier alpha value is -0.290. The molecule has 1 rings (SSSR count). The van der Waals surface area contributed by atoms with E-state index in [1.807, 2.05) is 0 Å². The van der Waals surface area contributed by atoms with Crippen LogP contribution in [-0.2, 0) is 5.33 Å². The predicted octanol–water partition coefficient (Wildman–Crippen LogP) is 3.39. The molecule has 1 aromatic rings. The van der Waals surface area contributed by atoms with Crippen molar-refractivity contribution in [3.8, 4) is 6.07 Å². The van der Waals surface area contributed by atoms with Gasteiger partial charge in [-0.1, -0.05) is 15.9 Å². The Labute approximate surface area is 102 Å². The number of alkyl halides is 3. The van der Waals surface area contributed by atoms with E-state index in [1.165, 1.54) is 6.20 Å². The molecule has 0 amide bonds. The monoisotopic (exact) mass is 372 g/mol. The fourth-order valence-electron chi connectivity index (χ4n) is 1.01. The number of nitriles is 1. The van der Waals surface area contributed by atoms with Crippen molar-refractivity contribution in [2.45, 2.75) is 11.8 Å². The summed E-state index contributed by atoms with van der Waals surface area (Å²) < 4.78 is 25.6. The summed E-state index contributed by atoms with van der Waals surface area (Å²) in [5, 5.41) is 8.87. The quantitative estimate of drug-likeness (QED) is 0.589. The molecule has 0 saturated carbocycles.